The Balaban J connectivity index is 2.06. The average molecular weight is 369 g/mol. The van der Waals surface area contributed by atoms with Crippen molar-refractivity contribution in [2.75, 3.05) is 13.2 Å². The van der Waals surface area contributed by atoms with Crippen molar-refractivity contribution >= 4 is 27.5 Å². The number of aryl methyl sites for hydroxylation is 3. The zero-order valence-corrected chi connectivity index (χ0v) is 16.5. The molecule has 0 bridgehead atoms. The van der Waals surface area contributed by atoms with Gasteiger partial charge in [0.25, 0.3) is 5.91 Å². The minimum atomic E-state index is -0.207. The number of carbonyl (C=O) groups is 1. The first kappa shape index (κ1) is 18.5. The van der Waals surface area contributed by atoms with E-state index < -0.39 is 0 Å². The topological polar surface area (TPSA) is 43.6 Å². The van der Waals surface area contributed by atoms with Crippen LogP contribution < -0.4 is 4.80 Å². The third-order valence-corrected chi connectivity index (χ3v) is 5.49. The Morgan fingerprint density at radius 1 is 1.12 bits per heavy atom. The lowest BCUT2D eigenvalue weighted by Gasteiger charge is -2.06. The summed E-state index contributed by atoms with van der Waals surface area (Å²) in [6.45, 7) is 10.1. The maximum Gasteiger partial charge on any atom is 0.279 e. The molecule has 0 aliphatic carbocycles. The summed E-state index contributed by atoms with van der Waals surface area (Å²) < 4.78 is 8.72. The lowest BCUT2D eigenvalue weighted by Crippen LogP contribution is -2.19. The molecule has 0 aliphatic rings. The fourth-order valence-electron chi connectivity index (χ4n) is 2.81. The summed E-state index contributed by atoms with van der Waals surface area (Å²) in [6.07, 6.45) is 0. The minimum absolute atomic E-state index is 0.207. The highest BCUT2D eigenvalue weighted by atomic mass is 32.1. The molecule has 1 aromatic heterocycles. The Morgan fingerprint density at radius 2 is 1.92 bits per heavy atom. The van der Waals surface area contributed by atoms with Crippen LogP contribution in [-0.2, 0) is 11.3 Å². The Labute approximate surface area is 157 Å². The molecule has 4 nitrogen and oxygen atoms in total. The van der Waals surface area contributed by atoms with Crippen LogP contribution in [0.3, 0.4) is 0 Å². The van der Waals surface area contributed by atoms with Gasteiger partial charge < -0.3 is 9.30 Å². The van der Waals surface area contributed by atoms with Crippen molar-refractivity contribution in [1.29, 1.82) is 0 Å². The highest BCUT2D eigenvalue weighted by Crippen LogP contribution is 2.19. The third kappa shape index (κ3) is 3.94. The highest BCUT2D eigenvalue weighted by Gasteiger charge is 2.10. The van der Waals surface area contributed by atoms with Gasteiger partial charge in [-0.3, -0.25) is 4.79 Å². The van der Waals surface area contributed by atoms with Gasteiger partial charge in [0.05, 0.1) is 16.8 Å². The van der Waals surface area contributed by atoms with Crippen molar-refractivity contribution in [2.24, 2.45) is 4.99 Å². The number of hydrogen-bond donors (Lipinski definition) is 0. The second kappa shape index (κ2) is 7.98. The Hall–Kier alpha value is -2.24. The zero-order valence-electron chi connectivity index (χ0n) is 15.7. The fraction of sp³-hybridized carbons (Fsp3) is 0.333. The largest absolute Gasteiger partial charge is 0.380 e. The van der Waals surface area contributed by atoms with Crippen LogP contribution in [0, 0.1) is 20.8 Å². The maximum atomic E-state index is 12.7. The van der Waals surface area contributed by atoms with Crippen LogP contribution in [0.25, 0.3) is 10.2 Å². The van der Waals surface area contributed by atoms with Crippen molar-refractivity contribution in [1.82, 2.24) is 4.57 Å². The van der Waals surface area contributed by atoms with E-state index in [9.17, 15) is 4.79 Å². The summed E-state index contributed by atoms with van der Waals surface area (Å²) in [5.41, 5.74) is 5.18. The molecule has 3 aromatic rings. The molecule has 1 heterocycles. The predicted octanol–water partition coefficient (Wildman–Crippen LogP) is 4.41. The molecule has 0 saturated heterocycles. The number of carbonyl (C=O) groups excluding carboxylic acids is 1. The molecule has 0 fully saturated rings. The quantitative estimate of drug-likeness (QED) is 0.626. The predicted molar refractivity (Wildman–Crippen MR) is 107 cm³/mol. The van der Waals surface area contributed by atoms with Crippen LogP contribution >= 0.6 is 11.3 Å². The number of benzene rings is 2. The van der Waals surface area contributed by atoms with E-state index in [0.29, 0.717) is 30.1 Å². The average Bonchev–Trinajstić information content (AvgIpc) is 2.94. The van der Waals surface area contributed by atoms with Gasteiger partial charge in [0, 0.05) is 18.7 Å². The standard InChI is InChI=1S/C21H24N2O2S/c1-5-25-11-10-23-18-9-6-14(2)12-19(18)26-21(23)22-20(24)17-8-7-15(3)16(4)13-17/h6-9,12-13H,5,10-11H2,1-4H3. The molecule has 5 heteroatoms. The number of thiazole rings is 1. The number of hydrogen-bond acceptors (Lipinski definition) is 3. The molecule has 0 aliphatic heterocycles. The van der Waals surface area contributed by atoms with Crippen LogP contribution in [0.4, 0.5) is 0 Å². The lowest BCUT2D eigenvalue weighted by atomic mass is 10.1. The number of ether oxygens (including phenoxy) is 1. The number of rotatable bonds is 5. The van der Waals surface area contributed by atoms with Gasteiger partial charge in [0.1, 0.15) is 0 Å². The summed E-state index contributed by atoms with van der Waals surface area (Å²) >= 11 is 1.55. The van der Waals surface area contributed by atoms with E-state index >= 15 is 0 Å². The van der Waals surface area contributed by atoms with Crippen molar-refractivity contribution in [2.45, 2.75) is 34.2 Å². The zero-order chi connectivity index (χ0) is 18.7. The number of nitrogens with zero attached hydrogens (tertiary/aromatic N) is 2. The molecule has 0 spiro atoms. The molecule has 3 rings (SSSR count). The normalized spacial score (nSPS) is 12.1. The van der Waals surface area contributed by atoms with E-state index in [1.165, 1.54) is 11.1 Å². The van der Waals surface area contributed by atoms with E-state index in [2.05, 4.69) is 34.7 Å². The smallest absolute Gasteiger partial charge is 0.279 e. The first-order valence-corrected chi connectivity index (χ1v) is 9.65. The van der Waals surface area contributed by atoms with E-state index in [1.807, 2.05) is 39.0 Å². The molecule has 0 unspecified atom stereocenters. The summed E-state index contributed by atoms with van der Waals surface area (Å²) in [6, 6.07) is 12.0. The van der Waals surface area contributed by atoms with E-state index in [0.717, 1.165) is 15.8 Å². The van der Waals surface area contributed by atoms with Crippen LogP contribution in [0.5, 0.6) is 0 Å². The van der Waals surface area contributed by atoms with Crippen LogP contribution in [0.15, 0.2) is 41.4 Å². The number of amides is 1. The van der Waals surface area contributed by atoms with Gasteiger partial charge >= 0.3 is 0 Å². The first-order valence-electron chi connectivity index (χ1n) is 8.83. The van der Waals surface area contributed by atoms with Crippen LogP contribution in [0.2, 0.25) is 0 Å². The van der Waals surface area contributed by atoms with Gasteiger partial charge in [0.15, 0.2) is 4.80 Å². The molecule has 0 atom stereocenters. The van der Waals surface area contributed by atoms with Crippen LogP contribution in [-0.4, -0.2) is 23.7 Å². The van der Waals surface area contributed by atoms with Crippen molar-refractivity contribution in [3.05, 3.63) is 63.5 Å². The molecular formula is C21H24N2O2S. The molecule has 0 N–H and O–H groups in total. The van der Waals surface area contributed by atoms with Gasteiger partial charge in [-0.15, -0.1) is 0 Å². The van der Waals surface area contributed by atoms with Gasteiger partial charge in [-0.1, -0.05) is 23.5 Å². The first-order chi connectivity index (χ1) is 12.5. The molecule has 136 valence electrons. The molecule has 2 aromatic carbocycles. The summed E-state index contributed by atoms with van der Waals surface area (Å²) in [7, 11) is 0. The molecular weight excluding hydrogens is 344 g/mol. The van der Waals surface area contributed by atoms with E-state index in [1.54, 1.807) is 11.3 Å². The molecule has 0 saturated carbocycles. The minimum Gasteiger partial charge on any atom is -0.380 e. The fourth-order valence-corrected chi connectivity index (χ4v) is 3.96. The van der Waals surface area contributed by atoms with Gasteiger partial charge in [0.2, 0.25) is 0 Å². The highest BCUT2D eigenvalue weighted by molar-refractivity contribution is 7.16. The number of fused-ring (bicyclic) bond motifs is 1. The molecule has 0 radical (unpaired) electrons. The number of aromatic nitrogens is 1. The summed E-state index contributed by atoms with van der Waals surface area (Å²) in [4.78, 5) is 17.8. The third-order valence-electron chi connectivity index (χ3n) is 4.45. The summed E-state index contributed by atoms with van der Waals surface area (Å²) in [5.74, 6) is -0.207. The van der Waals surface area contributed by atoms with E-state index in [4.69, 9.17) is 4.74 Å². The second-order valence-corrected chi connectivity index (χ2v) is 7.43. The Morgan fingerprint density at radius 3 is 2.65 bits per heavy atom. The van der Waals surface area contributed by atoms with Gasteiger partial charge in [-0.2, -0.15) is 4.99 Å². The SMILES string of the molecule is CCOCCn1c(=NC(=O)c2ccc(C)c(C)c2)sc2cc(C)ccc21. The lowest BCUT2D eigenvalue weighted by molar-refractivity contribution is 0.0996. The monoisotopic (exact) mass is 368 g/mol. The van der Waals surface area contributed by atoms with Crippen molar-refractivity contribution in [3.8, 4) is 0 Å². The maximum absolute atomic E-state index is 12.7. The van der Waals surface area contributed by atoms with Crippen LogP contribution in [0.1, 0.15) is 34.0 Å². The molecule has 1 amide bonds. The van der Waals surface area contributed by atoms with Gasteiger partial charge in [-0.05, 0) is 68.7 Å². The molecule has 26 heavy (non-hydrogen) atoms. The summed E-state index contributed by atoms with van der Waals surface area (Å²) in [5, 5.41) is 0. The Bertz CT molecular complexity index is 1010. The van der Waals surface area contributed by atoms with Crippen molar-refractivity contribution < 1.29 is 9.53 Å². The van der Waals surface area contributed by atoms with Crippen molar-refractivity contribution in [3.63, 3.8) is 0 Å². The second-order valence-electron chi connectivity index (χ2n) is 6.42. The van der Waals surface area contributed by atoms with Gasteiger partial charge in [-0.25, -0.2) is 0 Å². The van der Waals surface area contributed by atoms with E-state index in [-0.39, 0.29) is 5.91 Å². The Kier molecular flexibility index (Phi) is 5.69.